The van der Waals surface area contributed by atoms with Crippen molar-refractivity contribution in [1.29, 1.82) is 0 Å². The van der Waals surface area contributed by atoms with E-state index in [1.54, 1.807) is 20.8 Å². The Morgan fingerprint density at radius 2 is 1.57 bits per heavy atom. The monoisotopic (exact) mass is 431 g/mol. The fraction of sp³-hybridized carbons (Fsp3) is 0.632. The molecule has 0 bridgehead atoms. The molecule has 1 aliphatic rings. The van der Waals surface area contributed by atoms with Crippen LogP contribution in [0.25, 0.3) is 0 Å². The van der Waals surface area contributed by atoms with Crippen LogP contribution in [0.1, 0.15) is 46.5 Å². The zero-order chi connectivity index (χ0) is 20.9. The smallest absolute Gasteiger partial charge is 0.308 e. The second-order valence-corrected chi connectivity index (χ2v) is 11.0. The number of carbonyl (C=O) groups is 1. The largest absolute Gasteiger partial charge is 0.466 e. The quantitative estimate of drug-likeness (QED) is 0.587. The molecule has 2 rings (SSSR count). The standard InChI is InChI=1S/C19H29NO6S2/c1-4-20(5-2)28(24,25)17-12-10-16(11-13-17)27(22,23)18-9-7-8-15(14-18)19(21)26-6-3/h10-13,15,18H,4-9,14H2,1-3H3/t15?,18-/m0/s1. The number of benzene rings is 1. The van der Waals surface area contributed by atoms with Gasteiger partial charge in [-0.2, -0.15) is 4.31 Å². The Bertz CT molecular complexity index is 874. The van der Waals surface area contributed by atoms with E-state index < -0.39 is 31.0 Å². The van der Waals surface area contributed by atoms with Gasteiger partial charge in [0.25, 0.3) is 0 Å². The first-order valence-corrected chi connectivity index (χ1v) is 12.7. The second-order valence-electron chi connectivity index (χ2n) is 6.84. The molecule has 0 amide bonds. The zero-order valence-corrected chi connectivity index (χ0v) is 18.3. The van der Waals surface area contributed by atoms with Crippen LogP contribution in [0.4, 0.5) is 0 Å². The van der Waals surface area contributed by atoms with Crippen molar-refractivity contribution in [2.45, 2.75) is 61.5 Å². The molecule has 7 nitrogen and oxygen atoms in total. The molecule has 0 spiro atoms. The van der Waals surface area contributed by atoms with Crippen molar-refractivity contribution in [3.8, 4) is 0 Å². The van der Waals surface area contributed by atoms with Crippen molar-refractivity contribution >= 4 is 25.8 Å². The lowest BCUT2D eigenvalue weighted by Gasteiger charge is -2.27. The number of sulfonamides is 1. The van der Waals surface area contributed by atoms with Crippen LogP contribution in [0.3, 0.4) is 0 Å². The zero-order valence-electron chi connectivity index (χ0n) is 16.6. The highest BCUT2D eigenvalue weighted by molar-refractivity contribution is 7.92. The number of hydrogen-bond donors (Lipinski definition) is 0. The van der Waals surface area contributed by atoms with Crippen LogP contribution in [0.2, 0.25) is 0 Å². The van der Waals surface area contributed by atoms with Crippen molar-refractivity contribution < 1.29 is 26.4 Å². The van der Waals surface area contributed by atoms with Gasteiger partial charge in [-0.15, -0.1) is 0 Å². The summed E-state index contributed by atoms with van der Waals surface area (Å²) in [5.41, 5.74) is 0. The van der Waals surface area contributed by atoms with Crippen molar-refractivity contribution in [2.75, 3.05) is 19.7 Å². The summed E-state index contributed by atoms with van der Waals surface area (Å²) in [5.74, 6) is -0.751. The number of rotatable bonds is 8. The fourth-order valence-electron chi connectivity index (χ4n) is 3.61. The minimum Gasteiger partial charge on any atom is -0.466 e. The van der Waals surface area contributed by atoms with Crippen LogP contribution >= 0.6 is 0 Å². The predicted molar refractivity (Wildman–Crippen MR) is 106 cm³/mol. The Morgan fingerprint density at radius 1 is 1.00 bits per heavy atom. The normalized spacial score (nSPS) is 20.9. The highest BCUT2D eigenvalue weighted by Crippen LogP contribution is 2.33. The number of esters is 1. The molecule has 28 heavy (non-hydrogen) atoms. The van der Waals surface area contributed by atoms with Gasteiger partial charge >= 0.3 is 5.97 Å². The van der Waals surface area contributed by atoms with Crippen molar-refractivity contribution in [3.63, 3.8) is 0 Å². The van der Waals surface area contributed by atoms with Gasteiger partial charge in [-0.05, 0) is 50.5 Å². The van der Waals surface area contributed by atoms with E-state index in [9.17, 15) is 21.6 Å². The maximum absolute atomic E-state index is 13.0. The molecule has 0 saturated heterocycles. The summed E-state index contributed by atoms with van der Waals surface area (Å²) in [4.78, 5) is 12.2. The average molecular weight is 432 g/mol. The Morgan fingerprint density at radius 3 is 2.11 bits per heavy atom. The Kier molecular flexibility index (Phi) is 7.64. The molecule has 0 aliphatic heterocycles. The van der Waals surface area contributed by atoms with Gasteiger partial charge in [0.15, 0.2) is 9.84 Å². The van der Waals surface area contributed by atoms with Gasteiger partial charge in [0.2, 0.25) is 10.0 Å². The van der Waals surface area contributed by atoms with Crippen molar-refractivity contribution in [3.05, 3.63) is 24.3 Å². The van der Waals surface area contributed by atoms with E-state index in [4.69, 9.17) is 4.74 Å². The molecule has 1 fully saturated rings. The van der Waals surface area contributed by atoms with Gasteiger partial charge in [0.05, 0.1) is 27.6 Å². The van der Waals surface area contributed by atoms with E-state index in [1.807, 2.05) is 0 Å². The topological polar surface area (TPSA) is 97.8 Å². The third-order valence-corrected chi connectivity index (χ3v) is 9.48. The Hall–Kier alpha value is -1.45. The molecule has 0 heterocycles. The van der Waals surface area contributed by atoms with Crippen LogP contribution < -0.4 is 0 Å². The molecular weight excluding hydrogens is 402 g/mol. The highest BCUT2D eigenvalue weighted by Gasteiger charge is 2.36. The van der Waals surface area contributed by atoms with Crippen LogP contribution in [-0.2, 0) is 29.4 Å². The summed E-state index contributed by atoms with van der Waals surface area (Å²) >= 11 is 0. The number of hydrogen-bond acceptors (Lipinski definition) is 6. The highest BCUT2D eigenvalue weighted by atomic mass is 32.2. The van der Waals surface area contributed by atoms with Crippen LogP contribution in [0, 0.1) is 5.92 Å². The number of nitrogens with zero attached hydrogens (tertiary/aromatic N) is 1. The molecule has 1 aromatic carbocycles. The van der Waals surface area contributed by atoms with Gasteiger partial charge in [0, 0.05) is 13.1 Å². The van der Waals surface area contributed by atoms with Crippen molar-refractivity contribution in [1.82, 2.24) is 4.31 Å². The van der Waals surface area contributed by atoms with E-state index in [2.05, 4.69) is 0 Å². The van der Waals surface area contributed by atoms with E-state index in [1.165, 1.54) is 28.6 Å². The summed E-state index contributed by atoms with van der Waals surface area (Å²) in [6.07, 6.45) is 1.99. The summed E-state index contributed by atoms with van der Waals surface area (Å²) < 4.78 is 57.5. The molecule has 0 aromatic heterocycles. The molecule has 158 valence electrons. The van der Waals surface area contributed by atoms with E-state index >= 15 is 0 Å². The lowest BCUT2D eigenvalue weighted by atomic mass is 9.89. The molecular formula is C19H29NO6S2. The first-order valence-electron chi connectivity index (χ1n) is 9.69. The molecule has 0 radical (unpaired) electrons. The van der Waals surface area contributed by atoms with Gasteiger partial charge in [-0.3, -0.25) is 4.79 Å². The lowest BCUT2D eigenvalue weighted by molar-refractivity contribution is -0.149. The number of sulfone groups is 1. The third kappa shape index (κ3) is 4.75. The third-order valence-electron chi connectivity index (χ3n) is 5.18. The maximum Gasteiger partial charge on any atom is 0.308 e. The minimum atomic E-state index is -3.65. The van der Waals surface area contributed by atoms with Gasteiger partial charge in [-0.1, -0.05) is 20.3 Å². The lowest BCUT2D eigenvalue weighted by Crippen LogP contribution is -2.32. The molecule has 1 aliphatic carbocycles. The second kappa shape index (κ2) is 9.37. The minimum absolute atomic E-state index is 0.0724. The molecule has 1 aromatic rings. The molecule has 2 atom stereocenters. The predicted octanol–water partition coefficient (Wildman–Crippen LogP) is 2.61. The summed E-state index contributed by atoms with van der Waals surface area (Å²) in [6.45, 7) is 6.19. The van der Waals surface area contributed by atoms with Crippen molar-refractivity contribution in [2.24, 2.45) is 5.92 Å². The van der Waals surface area contributed by atoms with Gasteiger partial charge < -0.3 is 4.74 Å². The van der Waals surface area contributed by atoms with Gasteiger partial charge in [-0.25, -0.2) is 16.8 Å². The molecule has 0 N–H and O–H groups in total. The summed E-state index contributed by atoms with van der Waals surface area (Å²) in [7, 11) is -7.29. The Balaban J connectivity index is 2.23. The summed E-state index contributed by atoms with van der Waals surface area (Å²) in [5, 5.41) is -0.666. The SMILES string of the molecule is CCOC(=O)C1CCC[C@H](S(=O)(=O)c2ccc(S(=O)(=O)N(CC)CC)cc2)C1. The van der Waals surface area contributed by atoms with E-state index in [-0.39, 0.29) is 28.8 Å². The first kappa shape index (κ1) is 22.8. The molecule has 9 heteroatoms. The Labute approximate surface area is 168 Å². The van der Waals surface area contributed by atoms with Crippen LogP contribution in [0.5, 0.6) is 0 Å². The molecule has 1 unspecified atom stereocenters. The number of carbonyl (C=O) groups excluding carboxylic acids is 1. The van der Waals surface area contributed by atoms with E-state index in [0.717, 1.165) is 0 Å². The maximum atomic E-state index is 13.0. The fourth-order valence-corrected chi connectivity index (χ4v) is 6.93. The van der Waals surface area contributed by atoms with E-state index in [0.29, 0.717) is 32.4 Å². The van der Waals surface area contributed by atoms with Crippen LogP contribution in [0.15, 0.2) is 34.1 Å². The van der Waals surface area contributed by atoms with Gasteiger partial charge in [0.1, 0.15) is 0 Å². The average Bonchev–Trinajstić information content (AvgIpc) is 2.69. The summed E-state index contributed by atoms with van der Waals surface area (Å²) in [6, 6.07) is 5.37. The number of ether oxygens (including phenoxy) is 1. The van der Waals surface area contributed by atoms with Crippen LogP contribution in [-0.4, -0.2) is 52.1 Å². The molecule has 1 saturated carbocycles. The first-order chi connectivity index (χ1) is 13.2.